The molecule has 0 saturated carbocycles. The van der Waals surface area contributed by atoms with E-state index in [0.29, 0.717) is 12.3 Å². The number of carboxylic acids is 1. The van der Waals surface area contributed by atoms with Crippen molar-refractivity contribution in [3.8, 4) is 0 Å². The number of carbonyl (C=O) groups excluding carboxylic acids is 3. The number of methoxy groups -OCH3 is 1. The Balaban J connectivity index is 0.000000680. The molecular weight excluding hydrogens is 510 g/mol. The second kappa shape index (κ2) is 16.4. The molecule has 0 fully saturated rings. The molecule has 9 heteroatoms. The zero-order valence-electron chi connectivity index (χ0n) is 24.7. The number of nitrogens with two attached hydrogens (primary N) is 1. The summed E-state index contributed by atoms with van der Waals surface area (Å²) in [6.45, 7) is 11.3. The maximum Gasteiger partial charge on any atom is 0.326 e. The number of ether oxygens (including phenoxy) is 1. The van der Waals surface area contributed by atoms with Gasteiger partial charge in [-0.3, -0.25) is 14.4 Å². The Kier molecular flexibility index (Phi) is 14.1. The summed E-state index contributed by atoms with van der Waals surface area (Å²) < 4.78 is 4.45. The summed E-state index contributed by atoms with van der Waals surface area (Å²) in [5, 5.41) is 15.0. The summed E-state index contributed by atoms with van der Waals surface area (Å²) in [7, 11) is 1.35. The van der Waals surface area contributed by atoms with E-state index in [0.717, 1.165) is 16.7 Å². The smallest absolute Gasteiger partial charge is 0.326 e. The van der Waals surface area contributed by atoms with Crippen molar-refractivity contribution in [2.45, 2.75) is 78.9 Å². The molecule has 0 bridgehead atoms. The van der Waals surface area contributed by atoms with Crippen LogP contribution in [0.1, 0.15) is 57.7 Å². The molecule has 3 atom stereocenters. The predicted octanol–water partition coefficient (Wildman–Crippen LogP) is 3.41. The molecule has 0 aromatic heterocycles. The quantitative estimate of drug-likeness (QED) is 0.311. The van der Waals surface area contributed by atoms with E-state index in [1.807, 2.05) is 75.4 Å². The average molecular weight is 556 g/mol. The van der Waals surface area contributed by atoms with Crippen LogP contribution in [0, 0.1) is 18.3 Å². The molecule has 0 radical (unpaired) electrons. The number of aryl methyl sites for hydroxylation is 1. The molecule has 0 aliphatic carbocycles. The van der Waals surface area contributed by atoms with Crippen LogP contribution >= 0.6 is 0 Å². The van der Waals surface area contributed by atoms with E-state index in [4.69, 9.17) is 5.73 Å². The lowest BCUT2D eigenvalue weighted by molar-refractivity contribution is -0.143. The molecule has 0 heterocycles. The molecule has 2 amide bonds. The Hall–Kier alpha value is -3.72. The van der Waals surface area contributed by atoms with Gasteiger partial charge < -0.3 is 26.2 Å². The van der Waals surface area contributed by atoms with E-state index in [2.05, 4.69) is 15.4 Å². The number of aliphatic carboxylic acids is 1. The van der Waals surface area contributed by atoms with Gasteiger partial charge in [-0.05, 0) is 30.4 Å². The van der Waals surface area contributed by atoms with Gasteiger partial charge in [-0.1, -0.05) is 94.8 Å². The lowest BCUT2D eigenvalue weighted by atomic mass is 9.94. The fourth-order valence-electron chi connectivity index (χ4n) is 3.74. The van der Waals surface area contributed by atoms with Gasteiger partial charge in [-0.2, -0.15) is 0 Å². The first kappa shape index (κ1) is 34.3. The summed E-state index contributed by atoms with van der Waals surface area (Å²) >= 11 is 0. The standard InChI is InChI=1S/C24H30N2O4.C7H15NO2/c1-16-9-8-12-18(13-16)15-19(26-23(30)24(2,3)4)21(27)25-20(22(28)29)14-17-10-6-5-7-11-17;1-5(2)4-6(8)7(9)10-3/h5-13,19-20H,14-15H2,1-4H3,(H,25,27)(H,26,30)(H,28,29);5-6H,4,8H2,1-3H3. The van der Waals surface area contributed by atoms with Crippen molar-refractivity contribution in [2.75, 3.05) is 7.11 Å². The highest BCUT2D eigenvalue weighted by Crippen LogP contribution is 2.15. The van der Waals surface area contributed by atoms with Crippen LogP contribution in [0.2, 0.25) is 0 Å². The van der Waals surface area contributed by atoms with E-state index in [-0.39, 0.29) is 24.7 Å². The minimum absolute atomic E-state index is 0.159. The van der Waals surface area contributed by atoms with E-state index < -0.39 is 35.4 Å². The van der Waals surface area contributed by atoms with Crippen molar-refractivity contribution >= 4 is 23.8 Å². The number of esters is 1. The van der Waals surface area contributed by atoms with Crippen molar-refractivity contribution in [2.24, 2.45) is 17.1 Å². The van der Waals surface area contributed by atoms with Crippen molar-refractivity contribution in [1.29, 1.82) is 0 Å². The molecule has 0 spiro atoms. The van der Waals surface area contributed by atoms with Crippen LogP contribution in [0.3, 0.4) is 0 Å². The highest BCUT2D eigenvalue weighted by atomic mass is 16.5. The molecule has 2 rings (SSSR count). The van der Waals surface area contributed by atoms with Crippen LogP contribution in [0.25, 0.3) is 0 Å². The summed E-state index contributed by atoms with van der Waals surface area (Å²) in [4.78, 5) is 48.0. The van der Waals surface area contributed by atoms with Crippen molar-refractivity contribution in [3.05, 3.63) is 71.3 Å². The Morgan fingerprint density at radius 1 is 0.900 bits per heavy atom. The minimum Gasteiger partial charge on any atom is -0.480 e. The Labute approximate surface area is 237 Å². The zero-order valence-corrected chi connectivity index (χ0v) is 24.7. The van der Waals surface area contributed by atoms with E-state index in [1.54, 1.807) is 20.8 Å². The lowest BCUT2D eigenvalue weighted by Crippen LogP contribution is -2.54. The fourth-order valence-corrected chi connectivity index (χ4v) is 3.74. The van der Waals surface area contributed by atoms with Gasteiger partial charge in [0.2, 0.25) is 11.8 Å². The topological polar surface area (TPSA) is 148 Å². The third-order valence-electron chi connectivity index (χ3n) is 5.95. The number of carboxylic acid groups (broad SMARTS) is 1. The Morgan fingerprint density at radius 2 is 1.48 bits per heavy atom. The molecule has 0 saturated heterocycles. The summed E-state index contributed by atoms with van der Waals surface area (Å²) in [5.74, 6) is -1.80. The van der Waals surface area contributed by atoms with Crippen molar-refractivity contribution in [1.82, 2.24) is 10.6 Å². The van der Waals surface area contributed by atoms with Gasteiger partial charge in [0.05, 0.1) is 7.11 Å². The first-order valence-electron chi connectivity index (χ1n) is 13.4. The van der Waals surface area contributed by atoms with Crippen LogP contribution < -0.4 is 16.4 Å². The molecule has 3 unspecified atom stereocenters. The number of carbonyl (C=O) groups is 4. The number of amides is 2. The SMILES string of the molecule is COC(=O)C(N)CC(C)C.Cc1cccc(CC(NC(=O)C(C)(C)C)C(=O)NC(Cc2ccccc2)C(=O)O)c1. The van der Waals surface area contributed by atoms with Gasteiger partial charge in [0.25, 0.3) is 0 Å². The monoisotopic (exact) mass is 555 g/mol. The van der Waals surface area contributed by atoms with Crippen molar-refractivity contribution < 1.29 is 29.0 Å². The van der Waals surface area contributed by atoms with E-state index in [9.17, 15) is 24.3 Å². The summed E-state index contributed by atoms with van der Waals surface area (Å²) in [6, 6.07) is 14.4. The molecule has 2 aromatic carbocycles. The van der Waals surface area contributed by atoms with Crippen molar-refractivity contribution in [3.63, 3.8) is 0 Å². The van der Waals surface area contributed by atoms with Crippen LogP contribution in [0.4, 0.5) is 0 Å². The van der Waals surface area contributed by atoms with Gasteiger partial charge >= 0.3 is 11.9 Å². The molecule has 0 aliphatic rings. The van der Waals surface area contributed by atoms with Gasteiger partial charge in [0.1, 0.15) is 18.1 Å². The normalized spacial score (nSPS) is 13.2. The van der Waals surface area contributed by atoms with Gasteiger partial charge in [0.15, 0.2) is 0 Å². The molecule has 0 aliphatic heterocycles. The zero-order chi connectivity index (χ0) is 30.5. The van der Waals surface area contributed by atoms with Crippen LogP contribution in [-0.2, 0) is 36.8 Å². The van der Waals surface area contributed by atoms with Crippen LogP contribution in [-0.4, -0.2) is 54.1 Å². The first-order valence-corrected chi connectivity index (χ1v) is 13.4. The van der Waals surface area contributed by atoms with Crippen LogP contribution in [0.15, 0.2) is 54.6 Å². The molecule has 9 nitrogen and oxygen atoms in total. The molecule has 5 N–H and O–H groups in total. The summed E-state index contributed by atoms with van der Waals surface area (Å²) in [5.41, 5.74) is 7.51. The third-order valence-corrected chi connectivity index (χ3v) is 5.95. The second-order valence-corrected chi connectivity index (χ2v) is 11.3. The highest BCUT2D eigenvalue weighted by molar-refractivity contribution is 5.92. The molecule has 220 valence electrons. The third kappa shape index (κ3) is 12.9. The molecule has 2 aromatic rings. The predicted molar refractivity (Wildman–Crippen MR) is 155 cm³/mol. The van der Waals surface area contributed by atoms with E-state index in [1.165, 1.54) is 7.11 Å². The number of hydrogen-bond donors (Lipinski definition) is 4. The van der Waals surface area contributed by atoms with Crippen LogP contribution in [0.5, 0.6) is 0 Å². The second-order valence-electron chi connectivity index (χ2n) is 11.3. The van der Waals surface area contributed by atoms with Gasteiger partial charge in [-0.25, -0.2) is 4.79 Å². The average Bonchev–Trinajstić information content (AvgIpc) is 2.87. The lowest BCUT2D eigenvalue weighted by Gasteiger charge is -2.25. The Morgan fingerprint density at radius 3 is 1.98 bits per heavy atom. The largest absolute Gasteiger partial charge is 0.480 e. The minimum atomic E-state index is -1.12. The number of benzene rings is 2. The Bertz CT molecular complexity index is 1110. The van der Waals surface area contributed by atoms with E-state index >= 15 is 0 Å². The molecular formula is C31H45N3O6. The maximum absolute atomic E-state index is 13.0. The maximum atomic E-state index is 13.0. The first-order chi connectivity index (χ1) is 18.6. The van der Waals surface area contributed by atoms with Gasteiger partial charge in [-0.15, -0.1) is 0 Å². The number of nitrogens with one attached hydrogen (secondary N) is 2. The number of rotatable bonds is 11. The fraction of sp³-hybridized carbons (Fsp3) is 0.484. The number of hydrogen-bond acceptors (Lipinski definition) is 6. The summed E-state index contributed by atoms with van der Waals surface area (Å²) in [6.07, 6.45) is 1.12. The molecule has 40 heavy (non-hydrogen) atoms. The highest BCUT2D eigenvalue weighted by Gasteiger charge is 2.30. The van der Waals surface area contributed by atoms with Gasteiger partial charge in [0, 0.05) is 18.3 Å².